The molecule has 4 aromatic rings. The van der Waals surface area contributed by atoms with Crippen LogP contribution in [0.15, 0.2) is 54.7 Å². The lowest BCUT2D eigenvalue weighted by atomic mass is 9.98. The molecule has 1 aliphatic rings. The van der Waals surface area contributed by atoms with E-state index in [1.165, 1.54) is 22.3 Å². The predicted molar refractivity (Wildman–Crippen MR) is 130 cm³/mol. The summed E-state index contributed by atoms with van der Waals surface area (Å²) in [5.41, 5.74) is 3.24. The Kier molecular flexibility index (Phi) is 5.72. The van der Waals surface area contributed by atoms with E-state index < -0.39 is 0 Å². The number of rotatable bonds is 7. The number of carbonyl (C=O) groups is 2. The zero-order valence-corrected chi connectivity index (χ0v) is 19.4. The van der Waals surface area contributed by atoms with Gasteiger partial charge < -0.3 is 10.1 Å². The molecule has 6 nitrogen and oxygen atoms in total. The number of aryl methyl sites for hydroxylation is 2. The summed E-state index contributed by atoms with van der Waals surface area (Å²) in [5, 5.41) is 9.62. The number of hydrogen-bond donors (Lipinski definition) is 1. The van der Waals surface area contributed by atoms with Crippen LogP contribution in [0.5, 0.6) is 5.75 Å². The van der Waals surface area contributed by atoms with E-state index in [9.17, 15) is 9.59 Å². The average molecular weight is 460 g/mol. The summed E-state index contributed by atoms with van der Waals surface area (Å²) in [6.45, 7) is 4.58. The maximum absolute atomic E-state index is 12.3. The fourth-order valence-electron chi connectivity index (χ4n) is 4.21. The van der Waals surface area contributed by atoms with Crippen LogP contribution in [0.2, 0.25) is 0 Å². The maximum atomic E-state index is 12.3. The highest BCUT2D eigenvalue weighted by atomic mass is 32.1. The Balaban J connectivity index is 1.23. The second kappa shape index (κ2) is 8.83. The number of nitrogens with one attached hydrogen (secondary N) is 1. The van der Waals surface area contributed by atoms with E-state index in [4.69, 9.17) is 4.74 Å². The van der Waals surface area contributed by atoms with Crippen LogP contribution in [0.1, 0.15) is 34.3 Å². The number of amides is 1. The van der Waals surface area contributed by atoms with Gasteiger partial charge in [-0.3, -0.25) is 14.3 Å². The quantitative estimate of drug-likeness (QED) is 0.404. The lowest BCUT2D eigenvalue weighted by Crippen LogP contribution is -2.34. The molecule has 0 unspecified atom stereocenters. The molecule has 5 rings (SSSR count). The molecular formula is C26H25N3O3S. The van der Waals surface area contributed by atoms with Gasteiger partial charge in [-0.15, -0.1) is 11.3 Å². The van der Waals surface area contributed by atoms with E-state index in [1.807, 2.05) is 37.4 Å². The Morgan fingerprint density at radius 2 is 2.06 bits per heavy atom. The molecule has 0 radical (unpaired) electrons. The molecule has 1 atom stereocenters. The van der Waals surface area contributed by atoms with Crippen LogP contribution >= 0.6 is 11.3 Å². The number of hydrogen-bond acceptors (Lipinski definition) is 5. The van der Waals surface area contributed by atoms with Gasteiger partial charge in [0.25, 0.3) is 0 Å². The maximum Gasteiger partial charge on any atom is 0.221 e. The highest BCUT2D eigenvalue weighted by molar-refractivity contribution is 7.17. The summed E-state index contributed by atoms with van der Waals surface area (Å²) in [6, 6.07) is 16.3. The number of aromatic nitrogens is 2. The van der Waals surface area contributed by atoms with Gasteiger partial charge in [-0.05, 0) is 60.5 Å². The lowest BCUT2D eigenvalue weighted by Gasteiger charge is -2.12. The number of carbonyl (C=O) groups excluding carboxylic acids is 2. The molecule has 0 spiro atoms. The Hall–Kier alpha value is -3.45. The van der Waals surface area contributed by atoms with Crippen LogP contribution in [0.25, 0.3) is 21.2 Å². The second-order valence-corrected chi connectivity index (χ2v) is 9.50. The number of nitrogens with zero attached hydrogens (tertiary/aromatic N) is 2. The molecule has 0 saturated heterocycles. The van der Waals surface area contributed by atoms with Crippen LogP contribution in [0, 0.1) is 6.92 Å². The first-order chi connectivity index (χ1) is 16.0. The molecule has 0 aliphatic carbocycles. The van der Waals surface area contributed by atoms with E-state index in [2.05, 4.69) is 34.7 Å². The first kappa shape index (κ1) is 21.4. The molecular weight excluding hydrogens is 434 g/mol. The monoisotopic (exact) mass is 459 g/mol. The number of ether oxygens (including phenoxy) is 1. The lowest BCUT2D eigenvalue weighted by molar-refractivity contribution is -0.121. The average Bonchev–Trinajstić information content (AvgIpc) is 3.55. The van der Waals surface area contributed by atoms with Crippen molar-refractivity contribution in [3.05, 3.63) is 70.9 Å². The van der Waals surface area contributed by atoms with Gasteiger partial charge in [-0.2, -0.15) is 5.10 Å². The van der Waals surface area contributed by atoms with Gasteiger partial charge in [-0.1, -0.05) is 18.2 Å². The van der Waals surface area contributed by atoms with Crippen molar-refractivity contribution in [2.45, 2.75) is 39.3 Å². The Morgan fingerprint density at radius 1 is 1.18 bits per heavy atom. The number of ketones is 1. The van der Waals surface area contributed by atoms with Crippen molar-refractivity contribution in [1.82, 2.24) is 15.1 Å². The van der Waals surface area contributed by atoms with Gasteiger partial charge in [0, 0.05) is 36.0 Å². The Bertz CT molecular complexity index is 1350. The van der Waals surface area contributed by atoms with E-state index in [1.54, 1.807) is 11.6 Å². The van der Waals surface area contributed by atoms with Crippen molar-refractivity contribution in [3.63, 3.8) is 0 Å². The van der Waals surface area contributed by atoms with Gasteiger partial charge in [0.2, 0.25) is 5.91 Å². The predicted octanol–water partition coefficient (Wildman–Crippen LogP) is 4.79. The zero-order valence-electron chi connectivity index (χ0n) is 18.6. The molecule has 0 saturated carbocycles. The second-order valence-electron chi connectivity index (χ2n) is 8.42. The topological polar surface area (TPSA) is 73.2 Å². The standard InChI is InChI=1S/C26H25N3O3S/c1-16-9-11-29(28-16)12-10-26(31)27-15-20-14-22-21-5-3-19(13-18(21)4-6-23(22)32-20)25-8-7-24(33-25)17(2)30/h3-9,11,13,20H,10,12,14-15H2,1-2H3,(H,27,31)/t20-/m1/s1. The third kappa shape index (κ3) is 4.54. The summed E-state index contributed by atoms with van der Waals surface area (Å²) >= 11 is 1.52. The largest absolute Gasteiger partial charge is 0.488 e. The van der Waals surface area contributed by atoms with Gasteiger partial charge in [0.15, 0.2) is 5.78 Å². The minimum atomic E-state index is -0.0726. The van der Waals surface area contributed by atoms with Crippen molar-refractivity contribution in [2.24, 2.45) is 0 Å². The number of Topliss-reactive ketones (excluding diaryl/α,β-unsaturated/α-hetero) is 1. The molecule has 33 heavy (non-hydrogen) atoms. The third-order valence-corrected chi connectivity index (χ3v) is 7.16. The van der Waals surface area contributed by atoms with E-state index in [0.717, 1.165) is 38.6 Å². The van der Waals surface area contributed by atoms with Gasteiger partial charge in [-0.25, -0.2) is 0 Å². The summed E-state index contributed by atoms with van der Waals surface area (Å²) in [6.07, 6.45) is 2.96. The molecule has 1 aliphatic heterocycles. The molecule has 0 fully saturated rings. The van der Waals surface area contributed by atoms with Crippen LogP contribution in [0.3, 0.4) is 0 Å². The zero-order chi connectivity index (χ0) is 22.9. The molecule has 1 N–H and O–H groups in total. The van der Waals surface area contributed by atoms with Gasteiger partial charge in [0.05, 0.1) is 17.1 Å². The van der Waals surface area contributed by atoms with Crippen molar-refractivity contribution in [3.8, 4) is 16.2 Å². The van der Waals surface area contributed by atoms with E-state index in [-0.39, 0.29) is 17.8 Å². The van der Waals surface area contributed by atoms with Crippen LogP contribution in [0.4, 0.5) is 0 Å². The van der Waals surface area contributed by atoms with Crippen molar-refractivity contribution in [1.29, 1.82) is 0 Å². The van der Waals surface area contributed by atoms with Crippen LogP contribution in [-0.4, -0.2) is 34.1 Å². The molecule has 168 valence electrons. The Morgan fingerprint density at radius 3 is 2.82 bits per heavy atom. The fourth-order valence-corrected chi connectivity index (χ4v) is 5.11. The SMILES string of the molecule is CC(=O)c1ccc(-c2ccc3c4c(ccc3c2)O[C@@H](CNC(=O)CCn2ccc(C)n2)C4)s1. The first-order valence-electron chi connectivity index (χ1n) is 11.1. The van der Waals surface area contributed by atoms with Crippen molar-refractivity contribution >= 4 is 33.8 Å². The number of benzene rings is 2. The Labute approximate surface area is 196 Å². The molecule has 7 heteroatoms. The third-order valence-electron chi connectivity index (χ3n) is 5.92. The summed E-state index contributed by atoms with van der Waals surface area (Å²) < 4.78 is 7.89. The highest BCUT2D eigenvalue weighted by Crippen LogP contribution is 2.37. The molecule has 1 amide bonds. The smallest absolute Gasteiger partial charge is 0.221 e. The highest BCUT2D eigenvalue weighted by Gasteiger charge is 2.25. The van der Waals surface area contributed by atoms with Gasteiger partial charge in [0.1, 0.15) is 11.9 Å². The van der Waals surface area contributed by atoms with Crippen LogP contribution < -0.4 is 10.1 Å². The first-order valence-corrected chi connectivity index (χ1v) is 11.9. The van der Waals surface area contributed by atoms with Crippen molar-refractivity contribution < 1.29 is 14.3 Å². The van der Waals surface area contributed by atoms with E-state index >= 15 is 0 Å². The van der Waals surface area contributed by atoms with Crippen molar-refractivity contribution in [2.75, 3.05) is 6.54 Å². The molecule has 0 bridgehead atoms. The fraction of sp³-hybridized carbons (Fsp3) is 0.269. The normalized spacial score (nSPS) is 14.8. The number of thiophene rings is 1. The molecule has 3 heterocycles. The summed E-state index contributed by atoms with van der Waals surface area (Å²) in [7, 11) is 0. The molecule has 2 aromatic carbocycles. The van der Waals surface area contributed by atoms with Crippen LogP contribution in [-0.2, 0) is 17.8 Å². The number of fused-ring (bicyclic) bond motifs is 3. The minimum absolute atomic E-state index is 0.00177. The summed E-state index contributed by atoms with van der Waals surface area (Å²) in [4.78, 5) is 25.7. The minimum Gasteiger partial charge on any atom is -0.488 e. The van der Waals surface area contributed by atoms with E-state index in [0.29, 0.717) is 19.5 Å². The van der Waals surface area contributed by atoms with Gasteiger partial charge >= 0.3 is 0 Å². The molecule has 2 aromatic heterocycles. The summed E-state index contributed by atoms with van der Waals surface area (Å²) in [5.74, 6) is 0.978.